The van der Waals surface area contributed by atoms with Gasteiger partial charge in [0, 0.05) is 17.5 Å². The third-order valence-corrected chi connectivity index (χ3v) is 8.05. The van der Waals surface area contributed by atoms with Crippen molar-refractivity contribution in [3.63, 3.8) is 0 Å². The molecule has 28 heavy (non-hydrogen) atoms. The minimum atomic E-state index is -3.35. The maximum Gasteiger partial charge on any atom is 0.261 e. The van der Waals surface area contributed by atoms with Crippen LogP contribution < -0.4 is 10.0 Å². The molecular weight excluding hydrogens is 414 g/mol. The Morgan fingerprint density at radius 3 is 2.61 bits per heavy atom. The molecule has 1 aromatic heterocycles. The zero-order valence-electron chi connectivity index (χ0n) is 15.6. The maximum absolute atomic E-state index is 12.7. The number of fused-ring (bicyclic) bond motifs is 3. The van der Waals surface area contributed by atoms with E-state index in [4.69, 9.17) is 0 Å². The molecule has 3 fully saturated rings. The van der Waals surface area contributed by atoms with Gasteiger partial charge in [-0.3, -0.25) is 9.52 Å². The summed E-state index contributed by atoms with van der Waals surface area (Å²) in [6.07, 6.45) is 3.47. The lowest BCUT2D eigenvalue weighted by Gasteiger charge is -2.44. The molecule has 3 aliphatic rings. The molecule has 0 aliphatic carbocycles. The highest BCUT2D eigenvalue weighted by atomic mass is 32.2. The largest absolute Gasteiger partial charge is 0.347 e. The van der Waals surface area contributed by atoms with Crippen molar-refractivity contribution in [2.45, 2.75) is 28.0 Å². The molecule has 5 rings (SSSR count). The van der Waals surface area contributed by atoms with Crippen LogP contribution in [-0.4, -0.2) is 51.2 Å². The molecule has 1 unspecified atom stereocenters. The number of benzene rings is 1. The Bertz CT molecular complexity index is 966. The van der Waals surface area contributed by atoms with Crippen LogP contribution >= 0.6 is 23.1 Å². The van der Waals surface area contributed by atoms with Gasteiger partial charge in [-0.05, 0) is 56.1 Å². The third-order valence-electron chi connectivity index (χ3n) is 5.17. The normalized spacial score (nSPS) is 24.1. The van der Waals surface area contributed by atoms with Crippen LogP contribution in [0.3, 0.4) is 0 Å². The van der Waals surface area contributed by atoms with Crippen molar-refractivity contribution in [3.05, 3.63) is 41.3 Å². The highest BCUT2D eigenvalue weighted by Crippen LogP contribution is 2.37. The number of nitrogens with one attached hydrogen (secondary N) is 2. The summed E-state index contributed by atoms with van der Waals surface area (Å²) in [5, 5.41) is 3.22. The quantitative estimate of drug-likeness (QED) is 0.726. The van der Waals surface area contributed by atoms with Gasteiger partial charge in [0.1, 0.15) is 0 Å². The number of carbonyl (C=O) groups is 1. The van der Waals surface area contributed by atoms with E-state index in [1.165, 1.54) is 35.9 Å². The fourth-order valence-electron chi connectivity index (χ4n) is 3.81. The number of carbonyl (C=O) groups excluding carboxylic acids is 1. The van der Waals surface area contributed by atoms with E-state index in [1.54, 1.807) is 12.1 Å². The molecule has 2 bridgehead atoms. The Morgan fingerprint density at radius 2 is 1.93 bits per heavy atom. The molecule has 3 aliphatic heterocycles. The van der Waals surface area contributed by atoms with Crippen molar-refractivity contribution in [2.24, 2.45) is 5.92 Å². The minimum Gasteiger partial charge on any atom is -0.347 e. The lowest BCUT2D eigenvalue weighted by atomic mass is 9.84. The second-order valence-electron chi connectivity index (χ2n) is 7.31. The molecule has 150 valence electrons. The van der Waals surface area contributed by atoms with E-state index in [0.29, 0.717) is 16.5 Å². The Kier molecular flexibility index (Phi) is 5.69. The van der Waals surface area contributed by atoms with Crippen LogP contribution in [0.1, 0.15) is 22.5 Å². The summed E-state index contributed by atoms with van der Waals surface area (Å²) >= 11 is 2.89. The molecule has 0 saturated carbocycles. The zero-order valence-corrected chi connectivity index (χ0v) is 18.0. The summed E-state index contributed by atoms with van der Waals surface area (Å²) in [6, 6.07) is 11.3. The molecular formula is C19H23N3O3S3. The van der Waals surface area contributed by atoms with E-state index >= 15 is 0 Å². The monoisotopic (exact) mass is 437 g/mol. The average molecular weight is 438 g/mol. The molecule has 2 aromatic rings. The second kappa shape index (κ2) is 8.06. The highest BCUT2D eigenvalue weighted by Gasteiger charge is 2.35. The predicted octanol–water partition coefficient (Wildman–Crippen LogP) is 3.09. The number of thiophene rings is 1. The van der Waals surface area contributed by atoms with Gasteiger partial charge in [-0.1, -0.05) is 23.9 Å². The van der Waals surface area contributed by atoms with Crippen LogP contribution in [0.5, 0.6) is 0 Å². The van der Waals surface area contributed by atoms with Crippen LogP contribution in [-0.2, 0) is 10.0 Å². The number of anilines is 1. The van der Waals surface area contributed by atoms with Gasteiger partial charge in [0.25, 0.3) is 5.91 Å². The fraction of sp³-hybridized carbons (Fsp3) is 0.421. The number of hydrogen-bond acceptors (Lipinski definition) is 6. The molecule has 0 radical (unpaired) electrons. The standard InChI is InChI=1S/C19H23N3O3S3/c1-28(24,25)21-14-4-2-3-5-16(14)26-18-7-6-17(27-18)19(23)20-15-12-22-10-8-13(15)9-11-22/h2-7,13,15,21H,8-12H2,1H3,(H,20,23). The SMILES string of the molecule is CS(=O)(=O)Nc1ccccc1Sc1ccc(C(=O)NC2CN3CCC2CC3)s1. The summed E-state index contributed by atoms with van der Waals surface area (Å²) in [5.41, 5.74) is 0.543. The Labute approximate surface area is 173 Å². The zero-order chi connectivity index (χ0) is 19.7. The topological polar surface area (TPSA) is 78.5 Å². The molecule has 6 nitrogen and oxygen atoms in total. The van der Waals surface area contributed by atoms with E-state index in [0.717, 1.165) is 35.0 Å². The first-order chi connectivity index (χ1) is 13.4. The first-order valence-corrected chi connectivity index (χ1v) is 12.8. The lowest BCUT2D eigenvalue weighted by Crippen LogP contribution is -2.57. The summed E-state index contributed by atoms with van der Waals surface area (Å²) in [4.78, 5) is 16.6. The van der Waals surface area contributed by atoms with Gasteiger partial charge < -0.3 is 10.2 Å². The first kappa shape index (κ1) is 19.8. The predicted molar refractivity (Wildman–Crippen MR) is 114 cm³/mol. The van der Waals surface area contributed by atoms with E-state index in [1.807, 2.05) is 24.3 Å². The first-order valence-electron chi connectivity index (χ1n) is 9.25. The summed E-state index contributed by atoms with van der Waals surface area (Å²) < 4.78 is 26.6. The summed E-state index contributed by atoms with van der Waals surface area (Å²) in [7, 11) is -3.35. The molecule has 3 saturated heterocycles. The van der Waals surface area contributed by atoms with Crippen molar-refractivity contribution in [1.82, 2.24) is 10.2 Å². The number of sulfonamides is 1. The molecule has 1 atom stereocenters. The van der Waals surface area contributed by atoms with Crippen LogP contribution in [0.4, 0.5) is 5.69 Å². The van der Waals surface area contributed by atoms with E-state index in [-0.39, 0.29) is 11.9 Å². The van der Waals surface area contributed by atoms with Crippen LogP contribution in [0.25, 0.3) is 0 Å². The third kappa shape index (κ3) is 4.71. The molecule has 0 spiro atoms. The van der Waals surface area contributed by atoms with Gasteiger partial charge in [-0.25, -0.2) is 8.42 Å². The van der Waals surface area contributed by atoms with Gasteiger partial charge in [-0.2, -0.15) is 0 Å². The number of piperidine rings is 3. The average Bonchev–Trinajstić information content (AvgIpc) is 3.12. The molecule has 9 heteroatoms. The maximum atomic E-state index is 12.7. The minimum absolute atomic E-state index is 0.0156. The highest BCUT2D eigenvalue weighted by molar-refractivity contribution is 8.01. The van der Waals surface area contributed by atoms with Crippen LogP contribution in [0.2, 0.25) is 0 Å². The van der Waals surface area contributed by atoms with Crippen LogP contribution in [0, 0.1) is 5.92 Å². The Morgan fingerprint density at radius 1 is 1.18 bits per heavy atom. The van der Waals surface area contributed by atoms with Crippen molar-refractivity contribution in [2.75, 3.05) is 30.6 Å². The van der Waals surface area contributed by atoms with E-state index < -0.39 is 10.0 Å². The van der Waals surface area contributed by atoms with Gasteiger partial charge in [0.15, 0.2) is 0 Å². The summed E-state index contributed by atoms with van der Waals surface area (Å²) in [5.74, 6) is 0.579. The Hall–Kier alpha value is -1.55. The number of para-hydroxylation sites is 1. The van der Waals surface area contributed by atoms with Gasteiger partial charge in [0.05, 0.1) is 21.0 Å². The summed E-state index contributed by atoms with van der Waals surface area (Å²) in [6.45, 7) is 3.25. The van der Waals surface area contributed by atoms with E-state index in [9.17, 15) is 13.2 Å². The lowest BCUT2D eigenvalue weighted by molar-refractivity contribution is 0.0622. The molecule has 4 heterocycles. The number of amides is 1. The number of nitrogens with zero attached hydrogens (tertiary/aromatic N) is 1. The van der Waals surface area contributed by atoms with Crippen molar-refractivity contribution in [3.8, 4) is 0 Å². The second-order valence-corrected chi connectivity index (χ2v) is 11.5. The van der Waals surface area contributed by atoms with Crippen molar-refractivity contribution < 1.29 is 13.2 Å². The molecule has 1 amide bonds. The smallest absolute Gasteiger partial charge is 0.261 e. The molecule has 2 N–H and O–H groups in total. The van der Waals surface area contributed by atoms with Gasteiger partial charge in [0.2, 0.25) is 10.0 Å². The fourth-order valence-corrected chi connectivity index (χ4v) is 6.53. The van der Waals surface area contributed by atoms with Gasteiger partial charge in [-0.15, -0.1) is 11.3 Å². The number of rotatable bonds is 6. The van der Waals surface area contributed by atoms with Crippen molar-refractivity contribution >= 4 is 44.7 Å². The van der Waals surface area contributed by atoms with Gasteiger partial charge >= 0.3 is 0 Å². The number of hydrogen-bond donors (Lipinski definition) is 2. The van der Waals surface area contributed by atoms with Crippen molar-refractivity contribution in [1.29, 1.82) is 0 Å². The van der Waals surface area contributed by atoms with E-state index in [2.05, 4.69) is 14.9 Å². The Balaban J connectivity index is 1.43. The van der Waals surface area contributed by atoms with Crippen LogP contribution in [0.15, 0.2) is 45.5 Å². The molecule has 1 aromatic carbocycles.